The Morgan fingerprint density at radius 1 is 1.62 bits per heavy atom. The summed E-state index contributed by atoms with van der Waals surface area (Å²) < 4.78 is 5.70. The zero-order chi connectivity index (χ0) is 9.26. The summed E-state index contributed by atoms with van der Waals surface area (Å²) >= 11 is 0. The molecule has 3 heteroatoms. The average molecular weight is 180 g/mol. The number of ether oxygens (including phenoxy) is 1. The molecular weight excluding hydrogens is 164 g/mol. The first kappa shape index (κ1) is 8.98. The molecule has 2 aliphatic heterocycles. The van der Waals surface area contributed by atoms with E-state index in [1.54, 1.807) is 0 Å². The van der Waals surface area contributed by atoms with E-state index in [-0.39, 0.29) is 6.04 Å². The predicted octanol–water partition coefficient (Wildman–Crippen LogP) is 1.20. The largest absolute Gasteiger partial charge is 0.373 e. The van der Waals surface area contributed by atoms with E-state index in [4.69, 9.17) is 10.00 Å². The molecule has 2 fully saturated rings. The van der Waals surface area contributed by atoms with Gasteiger partial charge in [0.25, 0.3) is 0 Å². The topological polar surface area (TPSA) is 45.0 Å². The van der Waals surface area contributed by atoms with Crippen LogP contribution in [0.15, 0.2) is 0 Å². The van der Waals surface area contributed by atoms with Crippen molar-refractivity contribution in [3.05, 3.63) is 0 Å². The highest BCUT2D eigenvalue weighted by Gasteiger charge is 2.41. The zero-order valence-electron chi connectivity index (χ0n) is 7.99. The van der Waals surface area contributed by atoms with E-state index in [0.717, 1.165) is 12.8 Å². The van der Waals surface area contributed by atoms with Crippen LogP contribution in [0.5, 0.6) is 0 Å². The molecule has 2 saturated heterocycles. The molecule has 0 aromatic heterocycles. The third-order valence-electron chi connectivity index (χ3n) is 3.09. The quantitative estimate of drug-likeness (QED) is 0.709. The fourth-order valence-corrected chi connectivity index (χ4v) is 2.32. The van der Waals surface area contributed by atoms with Gasteiger partial charge in [-0.25, -0.2) is 0 Å². The molecule has 2 rings (SSSR count). The van der Waals surface area contributed by atoms with Crippen LogP contribution >= 0.6 is 0 Å². The molecule has 13 heavy (non-hydrogen) atoms. The van der Waals surface area contributed by atoms with Gasteiger partial charge in [-0.2, -0.15) is 5.26 Å². The third kappa shape index (κ3) is 1.70. The molecule has 0 radical (unpaired) electrons. The van der Waals surface area contributed by atoms with Gasteiger partial charge in [0.2, 0.25) is 0 Å². The normalized spacial score (nSPS) is 38.9. The van der Waals surface area contributed by atoms with Crippen molar-refractivity contribution in [2.24, 2.45) is 0 Å². The molecule has 0 aliphatic carbocycles. The highest BCUT2D eigenvalue weighted by Crippen LogP contribution is 2.34. The van der Waals surface area contributed by atoms with Crippen LogP contribution in [0, 0.1) is 11.3 Å². The number of nitriles is 1. The maximum Gasteiger partial charge on any atom is 0.0953 e. The lowest BCUT2D eigenvalue weighted by Gasteiger charge is -2.22. The Labute approximate surface area is 79.1 Å². The SMILES string of the molecule is CCC(C#N)NC1CC2CCC1O2. The van der Waals surface area contributed by atoms with Crippen LogP contribution in [0.1, 0.15) is 32.6 Å². The van der Waals surface area contributed by atoms with Gasteiger partial charge < -0.3 is 4.74 Å². The summed E-state index contributed by atoms with van der Waals surface area (Å²) in [5.41, 5.74) is 0. The van der Waals surface area contributed by atoms with Gasteiger partial charge >= 0.3 is 0 Å². The zero-order valence-corrected chi connectivity index (χ0v) is 7.99. The Hall–Kier alpha value is -0.590. The Balaban J connectivity index is 1.86. The van der Waals surface area contributed by atoms with Crippen molar-refractivity contribution in [3.63, 3.8) is 0 Å². The number of nitrogens with zero attached hydrogens (tertiary/aromatic N) is 1. The van der Waals surface area contributed by atoms with Crippen molar-refractivity contribution in [2.75, 3.05) is 0 Å². The fraction of sp³-hybridized carbons (Fsp3) is 0.900. The Morgan fingerprint density at radius 2 is 2.46 bits per heavy atom. The first-order valence-electron chi connectivity index (χ1n) is 5.14. The van der Waals surface area contributed by atoms with Crippen molar-refractivity contribution < 1.29 is 4.74 Å². The molecule has 2 heterocycles. The van der Waals surface area contributed by atoms with Gasteiger partial charge in [-0.3, -0.25) is 5.32 Å². The maximum atomic E-state index is 8.80. The monoisotopic (exact) mass is 180 g/mol. The summed E-state index contributed by atoms with van der Waals surface area (Å²) in [6.07, 6.45) is 5.22. The highest BCUT2D eigenvalue weighted by molar-refractivity contribution is 4.99. The number of nitrogens with one attached hydrogen (secondary N) is 1. The highest BCUT2D eigenvalue weighted by atomic mass is 16.5. The van der Waals surface area contributed by atoms with Gasteiger partial charge in [-0.15, -0.1) is 0 Å². The molecule has 0 amide bonds. The number of fused-ring (bicyclic) bond motifs is 2. The van der Waals surface area contributed by atoms with Crippen LogP contribution < -0.4 is 5.32 Å². The Morgan fingerprint density at radius 3 is 2.92 bits per heavy atom. The van der Waals surface area contributed by atoms with Gasteiger partial charge in [0.15, 0.2) is 0 Å². The second kappa shape index (κ2) is 3.65. The smallest absolute Gasteiger partial charge is 0.0953 e. The lowest BCUT2D eigenvalue weighted by molar-refractivity contribution is 0.0967. The second-order valence-corrected chi connectivity index (χ2v) is 3.97. The molecule has 0 aromatic rings. The number of hydrogen-bond donors (Lipinski definition) is 1. The van der Waals surface area contributed by atoms with E-state index in [1.807, 2.05) is 6.92 Å². The summed E-state index contributed by atoms with van der Waals surface area (Å²) in [5, 5.41) is 12.2. The molecule has 1 N–H and O–H groups in total. The number of hydrogen-bond acceptors (Lipinski definition) is 3. The molecule has 2 aliphatic rings. The molecule has 3 nitrogen and oxygen atoms in total. The Bertz CT molecular complexity index is 223. The number of rotatable bonds is 3. The van der Waals surface area contributed by atoms with E-state index in [9.17, 15) is 0 Å². The maximum absolute atomic E-state index is 8.80. The van der Waals surface area contributed by atoms with Gasteiger partial charge in [-0.1, -0.05) is 6.92 Å². The van der Waals surface area contributed by atoms with Crippen LogP contribution in [0.4, 0.5) is 0 Å². The van der Waals surface area contributed by atoms with E-state index in [1.165, 1.54) is 12.8 Å². The standard InChI is InChI=1S/C10H16N2O/c1-2-7(6-11)12-9-5-8-3-4-10(9)13-8/h7-10,12H,2-5H2,1H3. The van der Waals surface area contributed by atoms with E-state index >= 15 is 0 Å². The van der Waals surface area contributed by atoms with Gasteiger partial charge in [0.1, 0.15) is 0 Å². The van der Waals surface area contributed by atoms with Crippen molar-refractivity contribution in [2.45, 2.75) is 56.9 Å². The molecular formula is C10H16N2O. The van der Waals surface area contributed by atoms with Crippen LogP contribution in [-0.4, -0.2) is 24.3 Å². The van der Waals surface area contributed by atoms with Crippen LogP contribution in [0.3, 0.4) is 0 Å². The van der Waals surface area contributed by atoms with Crippen LogP contribution in [0.2, 0.25) is 0 Å². The lowest BCUT2D eigenvalue weighted by Crippen LogP contribution is -2.43. The molecule has 0 saturated carbocycles. The first-order valence-corrected chi connectivity index (χ1v) is 5.14. The van der Waals surface area contributed by atoms with Crippen molar-refractivity contribution >= 4 is 0 Å². The molecule has 2 bridgehead atoms. The van der Waals surface area contributed by atoms with Crippen LogP contribution in [-0.2, 0) is 4.74 Å². The van der Waals surface area contributed by atoms with Gasteiger partial charge in [-0.05, 0) is 25.7 Å². The summed E-state index contributed by atoms with van der Waals surface area (Å²) in [6.45, 7) is 2.04. The lowest BCUT2D eigenvalue weighted by atomic mass is 9.95. The third-order valence-corrected chi connectivity index (χ3v) is 3.09. The summed E-state index contributed by atoms with van der Waals surface area (Å²) in [6, 6.07) is 2.71. The van der Waals surface area contributed by atoms with Crippen molar-refractivity contribution in [1.29, 1.82) is 5.26 Å². The summed E-state index contributed by atoms with van der Waals surface area (Å²) in [7, 11) is 0. The molecule has 0 aromatic carbocycles. The van der Waals surface area contributed by atoms with Gasteiger partial charge in [0, 0.05) is 6.04 Å². The average Bonchev–Trinajstić information content (AvgIpc) is 2.75. The second-order valence-electron chi connectivity index (χ2n) is 3.97. The van der Waals surface area contributed by atoms with E-state index < -0.39 is 0 Å². The van der Waals surface area contributed by atoms with Crippen molar-refractivity contribution in [1.82, 2.24) is 5.32 Å². The summed E-state index contributed by atoms with van der Waals surface area (Å²) in [4.78, 5) is 0. The molecule has 4 atom stereocenters. The fourth-order valence-electron chi connectivity index (χ4n) is 2.32. The van der Waals surface area contributed by atoms with E-state index in [2.05, 4.69) is 11.4 Å². The minimum Gasteiger partial charge on any atom is -0.373 e. The predicted molar refractivity (Wildman–Crippen MR) is 49.1 cm³/mol. The minimum absolute atomic E-state index is 0.00736. The van der Waals surface area contributed by atoms with Crippen molar-refractivity contribution in [3.8, 4) is 6.07 Å². The molecule has 4 unspecified atom stereocenters. The molecule has 0 spiro atoms. The summed E-state index contributed by atoms with van der Waals surface area (Å²) in [5.74, 6) is 0. The Kier molecular flexibility index (Phi) is 2.52. The molecule has 72 valence electrons. The van der Waals surface area contributed by atoms with Gasteiger partial charge in [0.05, 0.1) is 24.3 Å². The van der Waals surface area contributed by atoms with Crippen LogP contribution in [0.25, 0.3) is 0 Å². The van der Waals surface area contributed by atoms with E-state index in [0.29, 0.717) is 18.2 Å². The minimum atomic E-state index is 0.00736. The first-order chi connectivity index (χ1) is 6.33.